The summed E-state index contributed by atoms with van der Waals surface area (Å²) < 4.78 is 11.2. The number of ether oxygens (including phenoxy) is 2. The van der Waals surface area contributed by atoms with Gasteiger partial charge >= 0.3 is 0 Å². The zero-order chi connectivity index (χ0) is 15.0. The van der Waals surface area contributed by atoms with Crippen molar-refractivity contribution in [3.8, 4) is 23.8 Å². The maximum atomic E-state index is 9.28. The largest absolute Gasteiger partial charge is 0.490 e. The molecule has 4 nitrogen and oxygen atoms in total. The Bertz CT molecular complexity index is 469. The van der Waals surface area contributed by atoms with Crippen LogP contribution in [0, 0.1) is 12.3 Å². The van der Waals surface area contributed by atoms with E-state index in [0.717, 1.165) is 5.56 Å². The van der Waals surface area contributed by atoms with Crippen LogP contribution < -0.4 is 14.8 Å². The maximum Gasteiger partial charge on any atom is 0.167 e. The van der Waals surface area contributed by atoms with Crippen molar-refractivity contribution in [3.63, 3.8) is 0 Å². The van der Waals surface area contributed by atoms with Crippen LogP contribution in [0.4, 0.5) is 0 Å². The highest BCUT2D eigenvalue weighted by Crippen LogP contribution is 2.31. The Labute approximate surface area is 133 Å². The van der Waals surface area contributed by atoms with Crippen LogP contribution in [0.25, 0.3) is 0 Å². The lowest BCUT2D eigenvalue weighted by atomic mass is 10.1. The SMILES string of the molecule is C#CCOc1c(CNC(C)(C)CO)cccc1OCC.Cl. The van der Waals surface area contributed by atoms with E-state index >= 15 is 0 Å². The smallest absolute Gasteiger partial charge is 0.167 e. The van der Waals surface area contributed by atoms with Crippen LogP contribution in [0.15, 0.2) is 18.2 Å². The van der Waals surface area contributed by atoms with Crippen molar-refractivity contribution in [1.29, 1.82) is 0 Å². The maximum absolute atomic E-state index is 9.28. The molecule has 0 unspecified atom stereocenters. The molecule has 0 bridgehead atoms. The molecular formula is C16H24ClNO3. The molecular weight excluding hydrogens is 290 g/mol. The van der Waals surface area contributed by atoms with Crippen LogP contribution in [-0.4, -0.2) is 30.5 Å². The molecule has 0 amide bonds. The summed E-state index contributed by atoms with van der Waals surface area (Å²) in [5, 5.41) is 12.6. The van der Waals surface area contributed by atoms with Gasteiger partial charge in [-0.2, -0.15) is 0 Å². The zero-order valence-electron chi connectivity index (χ0n) is 12.8. The highest BCUT2D eigenvalue weighted by atomic mass is 35.5. The van der Waals surface area contributed by atoms with Gasteiger partial charge in [0.2, 0.25) is 0 Å². The van der Waals surface area contributed by atoms with Gasteiger partial charge in [0.25, 0.3) is 0 Å². The van der Waals surface area contributed by atoms with E-state index in [9.17, 15) is 5.11 Å². The van der Waals surface area contributed by atoms with Crippen LogP contribution in [0.3, 0.4) is 0 Å². The van der Waals surface area contributed by atoms with Gasteiger partial charge in [0.05, 0.1) is 13.2 Å². The third kappa shape index (κ3) is 6.26. The van der Waals surface area contributed by atoms with Crippen LogP contribution in [0.2, 0.25) is 0 Å². The summed E-state index contributed by atoms with van der Waals surface area (Å²) in [6.45, 7) is 7.16. The first kappa shape index (κ1) is 19.6. The molecule has 0 spiro atoms. The minimum atomic E-state index is -0.356. The number of aliphatic hydroxyl groups is 1. The molecule has 1 aromatic rings. The Morgan fingerprint density at radius 1 is 1.33 bits per heavy atom. The molecule has 0 aliphatic carbocycles. The van der Waals surface area contributed by atoms with Gasteiger partial charge in [-0.3, -0.25) is 0 Å². The van der Waals surface area contributed by atoms with Crippen LogP contribution in [0.5, 0.6) is 11.5 Å². The van der Waals surface area contributed by atoms with Gasteiger partial charge in [-0.25, -0.2) is 0 Å². The van der Waals surface area contributed by atoms with Gasteiger partial charge < -0.3 is 19.9 Å². The molecule has 0 atom stereocenters. The first-order valence-electron chi connectivity index (χ1n) is 6.71. The molecule has 0 aliphatic heterocycles. The lowest BCUT2D eigenvalue weighted by molar-refractivity contribution is 0.186. The molecule has 0 heterocycles. The average molecular weight is 314 g/mol. The quantitative estimate of drug-likeness (QED) is 0.724. The highest BCUT2D eigenvalue weighted by Gasteiger charge is 2.17. The van der Waals surface area contributed by atoms with Crippen molar-refractivity contribution < 1.29 is 14.6 Å². The van der Waals surface area contributed by atoms with Crippen LogP contribution in [-0.2, 0) is 6.54 Å². The van der Waals surface area contributed by atoms with Crippen molar-refractivity contribution >= 4 is 12.4 Å². The Kier molecular flexibility index (Phi) is 8.87. The van der Waals surface area contributed by atoms with Gasteiger partial charge in [0, 0.05) is 17.6 Å². The van der Waals surface area contributed by atoms with E-state index in [0.29, 0.717) is 24.7 Å². The molecule has 0 radical (unpaired) electrons. The normalized spacial score (nSPS) is 10.4. The van der Waals surface area contributed by atoms with Gasteiger partial charge in [-0.05, 0) is 26.8 Å². The van der Waals surface area contributed by atoms with E-state index in [4.69, 9.17) is 15.9 Å². The first-order chi connectivity index (χ1) is 9.54. The monoisotopic (exact) mass is 313 g/mol. The summed E-state index contributed by atoms with van der Waals surface area (Å²) >= 11 is 0. The Morgan fingerprint density at radius 3 is 2.62 bits per heavy atom. The lowest BCUT2D eigenvalue weighted by Crippen LogP contribution is -2.42. The van der Waals surface area contributed by atoms with Gasteiger partial charge in [0.1, 0.15) is 6.61 Å². The molecule has 0 fully saturated rings. The Balaban J connectivity index is 0.00000400. The minimum Gasteiger partial charge on any atom is -0.490 e. The number of nitrogens with one attached hydrogen (secondary N) is 1. The number of para-hydroxylation sites is 1. The van der Waals surface area contributed by atoms with Crippen molar-refractivity contribution in [2.45, 2.75) is 32.9 Å². The third-order valence-corrected chi connectivity index (χ3v) is 2.81. The molecule has 5 heteroatoms. The minimum absolute atomic E-state index is 0. The summed E-state index contributed by atoms with van der Waals surface area (Å²) in [6.07, 6.45) is 5.25. The van der Waals surface area contributed by atoms with Crippen LogP contribution >= 0.6 is 12.4 Å². The van der Waals surface area contributed by atoms with Gasteiger partial charge in [0.15, 0.2) is 11.5 Å². The fourth-order valence-electron chi connectivity index (χ4n) is 1.64. The predicted molar refractivity (Wildman–Crippen MR) is 87.2 cm³/mol. The molecule has 21 heavy (non-hydrogen) atoms. The number of hydrogen-bond donors (Lipinski definition) is 2. The Morgan fingerprint density at radius 2 is 2.05 bits per heavy atom. The molecule has 0 saturated carbocycles. The second kappa shape index (κ2) is 9.51. The number of aliphatic hydroxyl groups excluding tert-OH is 1. The summed E-state index contributed by atoms with van der Waals surface area (Å²) in [7, 11) is 0. The highest BCUT2D eigenvalue weighted by molar-refractivity contribution is 5.85. The van der Waals surface area contributed by atoms with E-state index in [1.54, 1.807) is 0 Å². The summed E-state index contributed by atoms with van der Waals surface area (Å²) in [5.41, 5.74) is 0.595. The first-order valence-corrected chi connectivity index (χ1v) is 6.71. The van der Waals surface area contributed by atoms with Crippen molar-refractivity contribution in [1.82, 2.24) is 5.32 Å². The van der Waals surface area contributed by atoms with E-state index in [2.05, 4.69) is 11.2 Å². The van der Waals surface area contributed by atoms with Gasteiger partial charge in [-0.1, -0.05) is 18.1 Å². The standard InChI is InChI=1S/C16H23NO3.ClH/c1-5-10-20-15-13(11-17-16(3,4)12-18)8-7-9-14(15)19-6-2;/h1,7-9,17-18H,6,10-12H2,2-4H3;1H. The van der Waals surface area contributed by atoms with Gasteiger partial charge in [-0.15, -0.1) is 18.8 Å². The zero-order valence-corrected chi connectivity index (χ0v) is 13.6. The fourth-order valence-corrected chi connectivity index (χ4v) is 1.64. The molecule has 0 saturated heterocycles. The molecule has 2 N–H and O–H groups in total. The topological polar surface area (TPSA) is 50.7 Å². The third-order valence-electron chi connectivity index (χ3n) is 2.81. The molecule has 118 valence electrons. The number of halogens is 1. The van der Waals surface area contributed by atoms with Crippen molar-refractivity contribution in [2.75, 3.05) is 19.8 Å². The fraction of sp³-hybridized carbons (Fsp3) is 0.500. The Hall–Kier alpha value is -1.41. The molecule has 0 aromatic heterocycles. The van der Waals surface area contributed by atoms with E-state index in [-0.39, 0.29) is 31.2 Å². The number of benzene rings is 1. The summed E-state index contributed by atoms with van der Waals surface area (Å²) in [6, 6.07) is 5.72. The molecule has 1 rings (SSSR count). The molecule has 0 aliphatic rings. The van der Waals surface area contributed by atoms with E-state index in [1.807, 2.05) is 39.0 Å². The van der Waals surface area contributed by atoms with E-state index in [1.165, 1.54) is 0 Å². The summed E-state index contributed by atoms with van der Waals surface area (Å²) in [5.74, 6) is 3.80. The average Bonchev–Trinajstić information content (AvgIpc) is 2.44. The second-order valence-corrected chi connectivity index (χ2v) is 5.07. The number of hydrogen-bond acceptors (Lipinski definition) is 4. The molecule has 1 aromatic carbocycles. The van der Waals surface area contributed by atoms with E-state index < -0.39 is 0 Å². The second-order valence-electron chi connectivity index (χ2n) is 5.07. The van der Waals surface area contributed by atoms with Crippen LogP contribution in [0.1, 0.15) is 26.3 Å². The van der Waals surface area contributed by atoms with Crippen molar-refractivity contribution in [3.05, 3.63) is 23.8 Å². The lowest BCUT2D eigenvalue weighted by Gasteiger charge is -2.24. The predicted octanol–water partition coefficient (Wildman–Crippen LogP) is 2.38. The summed E-state index contributed by atoms with van der Waals surface area (Å²) in [4.78, 5) is 0. The number of terminal acetylenes is 1. The van der Waals surface area contributed by atoms with Crippen molar-refractivity contribution in [2.24, 2.45) is 0 Å². The number of rotatable bonds is 8.